The summed E-state index contributed by atoms with van der Waals surface area (Å²) >= 11 is 0. The lowest BCUT2D eigenvalue weighted by molar-refractivity contribution is -0.129. The van der Waals surface area contributed by atoms with Gasteiger partial charge in [0.25, 0.3) is 5.91 Å². The normalized spacial score (nSPS) is 18.5. The summed E-state index contributed by atoms with van der Waals surface area (Å²) in [6.45, 7) is 0. The molecule has 1 aromatic carbocycles. The van der Waals surface area contributed by atoms with Crippen molar-refractivity contribution in [3.05, 3.63) is 78.1 Å². The van der Waals surface area contributed by atoms with E-state index in [-0.39, 0.29) is 17.3 Å². The Bertz CT molecular complexity index is 1340. The van der Waals surface area contributed by atoms with Gasteiger partial charge in [-0.2, -0.15) is 12.8 Å². The first-order valence-electron chi connectivity index (χ1n) is 9.32. The number of guanidine groups is 1. The van der Waals surface area contributed by atoms with Gasteiger partial charge in [-0.1, -0.05) is 12.1 Å². The Morgan fingerprint density at radius 1 is 1.12 bits per heavy atom. The second-order valence-electron chi connectivity index (χ2n) is 7.16. The average molecular weight is 455 g/mol. The zero-order valence-corrected chi connectivity index (χ0v) is 17.9. The third-order valence-electron chi connectivity index (χ3n) is 4.99. The maximum absolute atomic E-state index is 14.3. The number of likely N-dealkylation sites (N-methyl/N-ethyl adjacent to an activating group) is 1. The number of nitrogens with zero attached hydrogens (tertiary/aromatic N) is 4. The second-order valence-corrected chi connectivity index (χ2v) is 8.74. The molecule has 0 fully saturated rings. The van der Waals surface area contributed by atoms with E-state index in [1.807, 2.05) is 0 Å². The van der Waals surface area contributed by atoms with Crippen molar-refractivity contribution in [3.8, 4) is 16.9 Å². The number of carbonyl (C=O) groups is 1. The molecule has 0 bridgehead atoms. The van der Waals surface area contributed by atoms with E-state index in [1.54, 1.807) is 18.2 Å². The summed E-state index contributed by atoms with van der Waals surface area (Å²) < 4.78 is 41.9. The number of hydrogen-bond donors (Lipinski definition) is 1. The highest BCUT2D eigenvalue weighted by Gasteiger charge is 2.49. The molecule has 1 amide bonds. The summed E-state index contributed by atoms with van der Waals surface area (Å²) in [4.78, 5) is 26.9. The van der Waals surface area contributed by atoms with Crippen LogP contribution in [0.15, 0.2) is 66.0 Å². The van der Waals surface area contributed by atoms with Crippen LogP contribution < -0.4 is 9.92 Å². The van der Waals surface area contributed by atoms with E-state index >= 15 is 0 Å². The van der Waals surface area contributed by atoms with E-state index in [0.29, 0.717) is 16.7 Å². The first kappa shape index (κ1) is 21.4. The minimum absolute atomic E-state index is 0.00979. The van der Waals surface area contributed by atoms with Crippen LogP contribution >= 0.6 is 0 Å². The van der Waals surface area contributed by atoms with E-state index in [4.69, 9.17) is 9.92 Å². The summed E-state index contributed by atoms with van der Waals surface area (Å²) in [6, 6.07) is 10.6. The Labute approximate surface area is 183 Å². The van der Waals surface area contributed by atoms with Crippen molar-refractivity contribution in [1.29, 1.82) is 0 Å². The molecule has 1 aliphatic rings. The van der Waals surface area contributed by atoms with E-state index in [0.717, 1.165) is 6.26 Å². The Morgan fingerprint density at radius 3 is 2.44 bits per heavy atom. The third kappa shape index (κ3) is 3.66. The van der Waals surface area contributed by atoms with Crippen LogP contribution in [-0.4, -0.2) is 48.5 Å². The molecule has 1 unspecified atom stereocenters. The largest absolute Gasteiger partial charge is 0.383 e. The van der Waals surface area contributed by atoms with Crippen LogP contribution in [0.5, 0.6) is 5.75 Å². The molecule has 3 aromatic rings. The molecule has 3 heterocycles. The smallest absolute Gasteiger partial charge is 0.306 e. The number of halogens is 1. The van der Waals surface area contributed by atoms with Gasteiger partial charge in [-0.05, 0) is 35.9 Å². The molecule has 164 valence electrons. The number of rotatable bonds is 5. The fourth-order valence-electron chi connectivity index (χ4n) is 3.50. The van der Waals surface area contributed by atoms with Crippen molar-refractivity contribution >= 4 is 22.0 Å². The van der Waals surface area contributed by atoms with Gasteiger partial charge in [0.2, 0.25) is 5.95 Å². The number of amides is 1. The molecule has 11 heteroatoms. The van der Waals surface area contributed by atoms with Crippen LogP contribution in [0.2, 0.25) is 0 Å². The molecule has 0 radical (unpaired) electrons. The number of pyridine rings is 2. The van der Waals surface area contributed by atoms with Gasteiger partial charge in [-0.15, -0.1) is 0 Å². The Balaban J connectivity index is 1.88. The van der Waals surface area contributed by atoms with Crippen LogP contribution in [0.25, 0.3) is 11.1 Å². The van der Waals surface area contributed by atoms with Crippen LogP contribution in [0.3, 0.4) is 0 Å². The van der Waals surface area contributed by atoms with Gasteiger partial charge in [0.05, 0.1) is 6.26 Å². The van der Waals surface area contributed by atoms with Crippen LogP contribution in [0, 0.1) is 5.95 Å². The molecule has 2 aromatic heterocycles. The molecule has 2 N–H and O–H groups in total. The average Bonchev–Trinajstić information content (AvgIpc) is 2.98. The standard InChI is InChI=1S/C21H18FN5O4S/c1-27-19(28)21(26-20(27)23,14-5-7-16(8-6-14)31-32(2,29)30)15-10-13(11-24-12-15)17-4-3-9-25-18(17)22/h3-12H,1-2H3,(H2,23,26). The molecule has 1 atom stereocenters. The molecular weight excluding hydrogens is 437 g/mol. The first-order chi connectivity index (χ1) is 15.1. The molecule has 32 heavy (non-hydrogen) atoms. The van der Waals surface area contributed by atoms with Crippen molar-refractivity contribution in [2.24, 2.45) is 10.7 Å². The summed E-state index contributed by atoms with van der Waals surface area (Å²) in [5.74, 6) is -1.06. The number of benzene rings is 1. The van der Waals surface area contributed by atoms with Gasteiger partial charge in [0.1, 0.15) is 5.75 Å². The van der Waals surface area contributed by atoms with E-state index < -0.39 is 27.5 Å². The third-order valence-corrected chi connectivity index (χ3v) is 5.48. The second kappa shape index (κ2) is 7.68. The molecule has 0 saturated carbocycles. The van der Waals surface area contributed by atoms with Crippen LogP contribution in [0.1, 0.15) is 11.1 Å². The minimum Gasteiger partial charge on any atom is -0.383 e. The Kier molecular flexibility index (Phi) is 5.13. The minimum atomic E-state index is -3.72. The van der Waals surface area contributed by atoms with Crippen molar-refractivity contribution in [3.63, 3.8) is 0 Å². The number of aliphatic imine (C=N–C) groups is 1. The monoisotopic (exact) mass is 455 g/mol. The molecule has 0 aliphatic carbocycles. The lowest BCUT2D eigenvalue weighted by atomic mass is 9.83. The zero-order chi connectivity index (χ0) is 23.1. The predicted octanol–water partition coefficient (Wildman–Crippen LogP) is 1.65. The zero-order valence-electron chi connectivity index (χ0n) is 17.1. The van der Waals surface area contributed by atoms with Gasteiger partial charge in [0.15, 0.2) is 11.5 Å². The van der Waals surface area contributed by atoms with E-state index in [2.05, 4.69) is 15.0 Å². The van der Waals surface area contributed by atoms with Gasteiger partial charge >= 0.3 is 10.1 Å². The summed E-state index contributed by atoms with van der Waals surface area (Å²) in [7, 11) is -2.23. The van der Waals surface area contributed by atoms with E-state index in [1.165, 1.54) is 54.8 Å². The molecule has 4 rings (SSSR count). The number of carbonyl (C=O) groups excluding carboxylic acids is 1. The number of nitrogens with two attached hydrogens (primary N) is 1. The topological polar surface area (TPSA) is 128 Å². The highest BCUT2D eigenvalue weighted by molar-refractivity contribution is 7.86. The highest BCUT2D eigenvalue weighted by Crippen LogP contribution is 2.40. The predicted molar refractivity (Wildman–Crippen MR) is 115 cm³/mol. The fraction of sp³-hybridized carbons (Fsp3) is 0.143. The van der Waals surface area contributed by atoms with Gasteiger partial charge < -0.3 is 9.92 Å². The van der Waals surface area contributed by atoms with Crippen LogP contribution in [0.4, 0.5) is 4.39 Å². The van der Waals surface area contributed by atoms with Crippen molar-refractivity contribution in [2.45, 2.75) is 5.54 Å². The van der Waals surface area contributed by atoms with Gasteiger partial charge in [0, 0.05) is 42.3 Å². The number of hydrogen-bond acceptors (Lipinski definition) is 8. The summed E-state index contributed by atoms with van der Waals surface area (Å²) in [6.07, 6.45) is 5.17. The lowest BCUT2D eigenvalue weighted by Gasteiger charge is -2.26. The van der Waals surface area contributed by atoms with Crippen molar-refractivity contribution < 1.29 is 21.8 Å². The van der Waals surface area contributed by atoms with Gasteiger partial charge in [-0.25, -0.2) is 9.98 Å². The number of aromatic nitrogens is 2. The highest BCUT2D eigenvalue weighted by atomic mass is 32.2. The van der Waals surface area contributed by atoms with Crippen molar-refractivity contribution in [1.82, 2.24) is 14.9 Å². The SMILES string of the molecule is CN1C(=O)C(c2ccc(OS(C)(=O)=O)cc2)(c2cncc(-c3cccnc3F)c2)N=C1N. The maximum Gasteiger partial charge on any atom is 0.306 e. The molecular formula is C21H18FN5O4S. The Morgan fingerprint density at radius 2 is 1.84 bits per heavy atom. The molecule has 0 spiro atoms. The summed E-state index contributed by atoms with van der Waals surface area (Å²) in [5.41, 5.74) is 5.75. The molecule has 0 saturated heterocycles. The fourth-order valence-corrected chi connectivity index (χ4v) is 3.96. The molecule has 1 aliphatic heterocycles. The summed E-state index contributed by atoms with van der Waals surface area (Å²) in [5, 5.41) is 0. The first-order valence-corrected chi connectivity index (χ1v) is 11.1. The lowest BCUT2D eigenvalue weighted by Crippen LogP contribution is -2.41. The van der Waals surface area contributed by atoms with Crippen LogP contribution in [-0.2, 0) is 20.5 Å². The maximum atomic E-state index is 14.3. The quantitative estimate of drug-likeness (QED) is 0.458. The molecule has 9 nitrogen and oxygen atoms in total. The van der Waals surface area contributed by atoms with Gasteiger partial charge in [-0.3, -0.25) is 14.7 Å². The van der Waals surface area contributed by atoms with Crippen molar-refractivity contribution in [2.75, 3.05) is 13.3 Å². The van der Waals surface area contributed by atoms with E-state index in [9.17, 15) is 17.6 Å². The Hall–Kier alpha value is -3.86.